The first kappa shape index (κ1) is 10.9. The summed E-state index contributed by atoms with van der Waals surface area (Å²) in [6.45, 7) is 2.30. The van der Waals surface area contributed by atoms with Gasteiger partial charge in [0.25, 0.3) is 0 Å². The molecule has 1 aromatic heterocycles. The van der Waals surface area contributed by atoms with Crippen LogP contribution in [0.15, 0.2) is 18.3 Å². The SMILES string of the molecule is CC(Nc1ccc(N)cn1)C1CC2CCC1C2. The van der Waals surface area contributed by atoms with E-state index in [1.54, 1.807) is 6.20 Å². The molecule has 92 valence electrons. The fraction of sp³-hybridized carbons (Fsp3) is 0.643. The fourth-order valence-corrected chi connectivity index (χ4v) is 3.74. The molecule has 0 aliphatic heterocycles. The average Bonchev–Trinajstić information content (AvgIpc) is 2.94. The number of nitrogens with two attached hydrogens (primary N) is 1. The van der Waals surface area contributed by atoms with Gasteiger partial charge in [-0.25, -0.2) is 4.98 Å². The van der Waals surface area contributed by atoms with Crippen molar-refractivity contribution >= 4 is 11.5 Å². The first-order valence-corrected chi connectivity index (χ1v) is 6.70. The van der Waals surface area contributed by atoms with Crippen molar-refractivity contribution in [3.63, 3.8) is 0 Å². The topological polar surface area (TPSA) is 50.9 Å². The Balaban J connectivity index is 1.63. The van der Waals surface area contributed by atoms with Gasteiger partial charge in [0, 0.05) is 6.04 Å². The van der Waals surface area contributed by atoms with Crippen LogP contribution in [0.1, 0.15) is 32.6 Å². The Bertz CT molecular complexity index is 387. The zero-order valence-electron chi connectivity index (χ0n) is 10.4. The summed E-state index contributed by atoms with van der Waals surface area (Å²) in [6, 6.07) is 4.41. The number of nitrogen functional groups attached to an aromatic ring is 1. The summed E-state index contributed by atoms with van der Waals surface area (Å²) in [5.41, 5.74) is 6.36. The molecule has 0 radical (unpaired) electrons. The number of nitrogens with one attached hydrogen (secondary N) is 1. The van der Waals surface area contributed by atoms with Crippen LogP contribution in [0, 0.1) is 17.8 Å². The molecular weight excluding hydrogens is 210 g/mol. The lowest BCUT2D eigenvalue weighted by atomic mass is 9.84. The molecule has 0 spiro atoms. The number of rotatable bonds is 3. The first-order valence-electron chi connectivity index (χ1n) is 6.70. The second kappa shape index (κ2) is 4.21. The van der Waals surface area contributed by atoms with Crippen LogP contribution >= 0.6 is 0 Å². The number of fused-ring (bicyclic) bond motifs is 2. The lowest BCUT2D eigenvalue weighted by Crippen LogP contribution is -2.30. The first-order chi connectivity index (χ1) is 8.22. The molecule has 2 saturated carbocycles. The zero-order chi connectivity index (χ0) is 11.8. The van der Waals surface area contributed by atoms with E-state index in [0.29, 0.717) is 6.04 Å². The maximum Gasteiger partial charge on any atom is 0.126 e. The molecule has 4 atom stereocenters. The van der Waals surface area contributed by atoms with Crippen molar-refractivity contribution in [3.8, 4) is 0 Å². The Morgan fingerprint density at radius 3 is 2.82 bits per heavy atom. The molecule has 0 saturated heterocycles. The molecule has 2 fully saturated rings. The lowest BCUT2D eigenvalue weighted by Gasteiger charge is -2.28. The van der Waals surface area contributed by atoms with Crippen LogP contribution in [-0.2, 0) is 0 Å². The number of anilines is 2. The van der Waals surface area contributed by atoms with E-state index in [-0.39, 0.29) is 0 Å². The summed E-state index contributed by atoms with van der Waals surface area (Å²) in [6.07, 6.45) is 7.50. The van der Waals surface area contributed by atoms with E-state index in [9.17, 15) is 0 Å². The molecule has 2 bridgehead atoms. The molecule has 3 nitrogen and oxygen atoms in total. The number of pyridine rings is 1. The summed E-state index contributed by atoms with van der Waals surface area (Å²) in [5, 5.41) is 3.53. The summed E-state index contributed by atoms with van der Waals surface area (Å²) < 4.78 is 0. The van der Waals surface area contributed by atoms with Crippen molar-refractivity contribution in [2.45, 2.75) is 38.6 Å². The van der Waals surface area contributed by atoms with E-state index in [1.807, 2.05) is 12.1 Å². The molecule has 2 aliphatic carbocycles. The quantitative estimate of drug-likeness (QED) is 0.841. The number of hydrogen-bond acceptors (Lipinski definition) is 3. The van der Waals surface area contributed by atoms with Crippen LogP contribution in [0.25, 0.3) is 0 Å². The van der Waals surface area contributed by atoms with Crippen molar-refractivity contribution in [3.05, 3.63) is 18.3 Å². The van der Waals surface area contributed by atoms with Crippen molar-refractivity contribution in [2.75, 3.05) is 11.1 Å². The van der Waals surface area contributed by atoms with Crippen molar-refractivity contribution in [1.82, 2.24) is 4.98 Å². The Labute approximate surface area is 103 Å². The highest BCUT2D eigenvalue weighted by Gasteiger charge is 2.41. The molecule has 3 rings (SSSR count). The monoisotopic (exact) mass is 231 g/mol. The van der Waals surface area contributed by atoms with E-state index in [0.717, 1.165) is 29.3 Å². The van der Waals surface area contributed by atoms with Crippen LogP contribution in [0.2, 0.25) is 0 Å². The standard InChI is InChI=1S/C14H21N3/c1-9(13-7-10-2-3-11(13)6-10)17-14-5-4-12(15)8-16-14/h4-5,8-11,13H,2-3,6-7,15H2,1H3,(H,16,17). The number of nitrogens with zero attached hydrogens (tertiary/aromatic N) is 1. The summed E-state index contributed by atoms with van der Waals surface area (Å²) in [7, 11) is 0. The molecule has 1 aromatic rings. The van der Waals surface area contributed by atoms with Crippen LogP contribution < -0.4 is 11.1 Å². The van der Waals surface area contributed by atoms with Crippen molar-refractivity contribution in [2.24, 2.45) is 17.8 Å². The van der Waals surface area contributed by atoms with Gasteiger partial charge in [-0.1, -0.05) is 6.42 Å². The highest BCUT2D eigenvalue weighted by atomic mass is 15.0. The highest BCUT2D eigenvalue weighted by molar-refractivity contribution is 5.44. The summed E-state index contributed by atoms with van der Waals surface area (Å²) in [5.74, 6) is 3.76. The second-order valence-corrected chi connectivity index (χ2v) is 5.75. The van der Waals surface area contributed by atoms with Crippen LogP contribution in [-0.4, -0.2) is 11.0 Å². The Morgan fingerprint density at radius 2 is 2.24 bits per heavy atom. The summed E-state index contributed by atoms with van der Waals surface area (Å²) in [4.78, 5) is 4.32. The third-order valence-electron chi connectivity index (χ3n) is 4.60. The van der Waals surface area contributed by atoms with Crippen LogP contribution in [0.3, 0.4) is 0 Å². The van der Waals surface area contributed by atoms with E-state index < -0.39 is 0 Å². The van der Waals surface area contributed by atoms with Gasteiger partial charge in [0.15, 0.2) is 0 Å². The molecule has 3 N–H and O–H groups in total. The van der Waals surface area contributed by atoms with Crippen molar-refractivity contribution < 1.29 is 0 Å². The van der Waals surface area contributed by atoms with E-state index in [2.05, 4.69) is 17.2 Å². The molecular formula is C14H21N3. The fourth-order valence-electron chi connectivity index (χ4n) is 3.74. The zero-order valence-corrected chi connectivity index (χ0v) is 10.4. The largest absolute Gasteiger partial charge is 0.397 e. The molecule has 17 heavy (non-hydrogen) atoms. The predicted octanol–water partition coefficient (Wildman–Crippen LogP) is 2.90. The highest BCUT2D eigenvalue weighted by Crippen LogP contribution is 2.49. The maximum atomic E-state index is 5.64. The lowest BCUT2D eigenvalue weighted by molar-refractivity contribution is 0.304. The minimum Gasteiger partial charge on any atom is -0.397 e. The van der Waals surface area contributed by atoms with Gasteiger partial charge < -0.3 is 11.1 Å². The number of hydrogen-bond donors (Lipinski definition) is 2. The minimum atomic E-state index is 0.529. The molecule has 0 amide bonds. The van der Waals surface area contributed by atoms with Gasteiger partial charge in [0.05, 0.1) is 11.9 Å². The van der Waals surface area contributed by atoms with Gasteiger partial charge in [0.2, 0.25) is 0 Å². The van der Waals surface area contributed by atoms with Gasteiger partial charge in [0.1, 0.15) is 5.82 Å². The third-order valence-corrected chi connectivity index (χ3v) is 4.60. The Hall–Kier alpha value is -1.25. The van der Waals surface area contributed by atoms with E-state index in [4.69, 9.17) is 5.73 Å². The van der Waals surface area contributed by atoms with Gasteiger partial charge in [-0.05, 0) is 56.1 Å². The van der Waals surface area contributed by atoms with Gasteiger partial charge >= 0.3 is 0 Å². The van der Waals surface area contributed by atoms with E-state index in [1.165, 1.54) is 25.7 Å². The summed E-state index contributed by atoms with van der Waals surface area (Å²) >= 11 is 0. The molecule has 4 unspecified atom stereocenters. The smallest absolute Gasteiger partial charge is 0.126 e. The average molecular weight is 231 g/mol. The van der Waals surface area contributed by atoms with Crippen LogP contribution in [0.5, 0.6) is 0 Å². The Morgan fingerprint density at radius 1 is 1.35 bits per heavy atom. The minimum absolute atomic E-state index is 0.529. The number of aromatic nitrogens is 1. The van der Waals surface area contributed by atoms with Crippen LogP contribution in [0.4, 0.5) is 11.5 Å². The van der Waals surface area contributed by atoms with E-state index >= 15 is 0 Å². The van der Waals surface area contributed by atoms with Gasteiger partial charge in [-0.3, -0.25) is 0 Å². The molecule has 2 aliphatic rings. The Kier molecular flexibility index (Phi) is 2.69. The molecule has 0 aromatic carbocycles. The second-order valence-electron chi connectivity index (χ2n) is 5.75. The maximum absolute atomic E-state index is 5.64. The molecule has 1 heterocycles. The van der Waals surface area contributed by atoms with Gasteiger partial charge in [-0.2, -0.15) is 0 Å². The third kappa shape index (κ3) is 2.11. The van der Waals surface area contributed by atoms with Gasteiger partial charge in [-0.15, -0.1) is 0 Å². The predicted molar refractivity (Wildman–Crippen MR) is 70.7 cm³/mol. The normalized spacial score (nSPS) is 32.6. The molecule has 3 heteroatoms. The van der Waals surface area contributed by atoms with Crippen molar-refractivity contribution in [1.29, 1.82) is 0 Å².